The van der Waals surface area contributed by atoms with Crippen molar-refractivity contribution in [3.8, 4) is 0 Å². The highest BCUT2D eigenvalue weighted by molar-refractivity contribution is 6.98. The smallest absolute Gasteiger partial charge is 0.246 e. The number of hydrogen-bond donors (Lipinski definition) is 0. The summed E-state index contributed by atoms with van der Waals surface area (Å²) in [5, 5.41) is 0. The van der Waals surface area contributed by atoms with Crippen LogP contribution in [0.4, 0.5) is 34.1 Å². The van der Waals surface area contributed by atoms with Crippen molar-refractivity contribution >= 4 is 80.3 Å². The third kappa shape index (κ3) is 4.22. The number of nitrogens with zero attached hydrogens (tertiary/aromatic N) is 2. The van der Waals surface area contributed by atoms with E-state index in [2.05, 4.69) is 192 Å². The molecule has 0 aromatic heterocycles. The summed E-state index contributed by atoms with van der Waals surface area (Å²) in [5.41, 5.74) is 15.1. The summed E-state index contributed by atoms with van der Waals surface area (Å²) < 4.78 is 0. The molecular weight excluding hydrogens is 554 g/mol. The van der Waals surface area contributed by atoms with Gasteiger partial charge in [-0.25, -0.2) is 0 Å². The largest absolute Gasteiger partial charge is 0.312 e. The molecule has 0 spiro atoms. The fourth-order valence-electron chi connectivity index (χ4n) is 7.68. The molecule has 7 aromatic carbocycles. The van der Waals surface area contributed by atoms with E-state index in [0.717, 1.165) is 0 Å². The average molecular weight is 584 g/mol. The van der Waals surface area contributed by atoms with Gasteiger partial charge >= 0.3 is 0 Å². The highest BCUT2D eigenvalue weighted by Crippen LogP contribution is 2.37. The first-order valence-corrected chi connectivity index (χ1v) is 16.0. The van der Waals surface area contributed by atoms with Crippen LogP contribution in [0.5, 0.6) is 0 Å². The lowest BCUT2D eigenvalue weighted by Crippen LogP contribution is -2.58. The third-order valence-corrected chi connectivity index (χ3v) is 9.56. The third-order valence-electron chi connectivity index (χ3n) is 9.56. The highest BCUT2D eigenvalue weighted by Gasteiger charge is 2.37. The van der Waals surface area contributed by atoms with E-state index in [1.165, 1.54) is 66.9 Å². The molecule has 2 aliphatic rings. The topological polar surface area (TPSA) is 6.48 Å². The molecule has 0 saturated heterocycles. The SMILES string of the molecule is c1ccc(B2c3ccccc3N(c3cccc(B4c5ccccc5N(c5ccccc5)c5ccccc54)c3)c3ccccc32)cc1. The van der Waals surface area contributed by atoms with Crippen molar-refractivity contribution in [2.45, 2.75) is 0 Å². The minimum Gasteiger partial charge on any atom is -0.312 e. The highest BCUT2D eigenvalue weighted by atomic mass is 15.2. The van der Waals surface area contributed by atoms with Gasteiger partial charge in [-0.3, -0.25) is 0 Å². The lowest BCUT2D eigenvalue weighted by Gasteiger charge is -2.38. The van der Waals surface area contributed by atoms with Crippen molar-refractivity contribution in [2.24, 2.45) is 0 Å². The number of anilines is 6. The Labute approximate surface area is 271 Å². The van der Waals surface area contributed by atoms with Gasteiger partial charge in [-0.1, -0.05) is 144 Å². The molecule has 0 unspecified atom stereocenters. The van der Waals surface area contributed by atoms with Crippen LogP contribution in [-0.2, 0) is 0 Å². The van der Waals surface area contributed by atoms with Gasteiger partial charge in [-0.2, -0.15) is 0 Å². The van der Waals surface area contributed by atoms with Gasteiger partial charge < -0.3 is 9.80 Å². The van der Waals surface area contributed by atoms with Crippen LogP contribution in [-0.4, -0.2) is 13.4 Å². The molecule has 7 aromatic rings. The van der Waals surface area contributed by atoms with Gasteiger partial charge in [0.15, 0.2) is 0 Å². The molecular formula is C42H30B2N2. The van der Waals surface area contributed by atoms with E-state index in [0.29, 0.717) is 0 Å². The fourth-order valence-corrected chi connectivity index (χ4v) is 7.68. The molecule has 0 saturated carbocycles. The van der Waals surface area contributed by atoms with E-state index in [1.807, 2.05) is 0 Å². The predicted octanol–water partition coefficient (Wildman–Crippen LogP) is 6.29. The second kappa shape index (κ2) is 11.0. The lowest BCUT2D eigenvalue weighted by atomic mass is 9.35. The standard InChI is InChI=1S/C42H30B2N2/c1-3-16-31(17-4-1)43-35-22-7-13-28-41(35)46(42-29-14-8-23-36(42)43)34-21-15-18-32(30-34)44-37-24-9-11-26-39(37)45(33-19-5-2-6-20-33)40-27-12-10-25-38(40)44/h1-30H. The van der Waals surface area contributed by atoms with Crippen LogP contribution in [0.15, 0.2) is 182 Å². The molecule has 0 bridgehead atoms. The molecule has 9 rings (SSSR count). The number of hydrogen-bond acceptors (Lipinski definition) is 2. The summed E-state index contributed by atoms with van der Waals surface area (Å²) in [6, 6.07) is 66.4. The molecule has 4 heteroatoms. The van der Waals surface area contributed by atoms with Crippen molar-refractivity contribution < 1.29 is 0 Å². The van der Waals surface area contributed by atoms with Crippen molar-refractivity contribution in [1.29, 1.82) is 0 Å². The quantitative estimate of drug-likeness (QED) is 0.225. The second-order valence-electron chi connectivity index (χ2n) is 12.1. The summed E-state index contributed by atoms with van der Waals surface area (Å²) in [6.45, 7) is 0.272. The second-order valence-corrected chi connectivity index (χ2v) is 12.1. The van der Waals surface area contributed by atoms with Gasteiger partial charge in [0.1, 0.15) is 0 Å². The van der Waals surface area contributed by atoms with E-state index >= 15 is 0 Å². The molecule has 0 aliphatic carbocycles. The zero-order valence-corrected chi connectivity index (χ0v) is 25.4. The van der Waals surface area contributed by atoms with Crippen LogP contribution in [0.25, 0.3) is 0 Å². The van der Waals surface area contributed by atoms with Gasteiger partial charge in [0.25, 0.3) is 0 Å². The Morgan fingerprint density at radius 3 is 1.13 bits per heavy atom. The molecule has 0 N–H and O–H groups in total. The Morgan fingerprint density at radius 1 is 0.283 bits per heavy atom. The minimum atomic E-state index is 0.0969. The van der Waals surface area contributed by atoms with Crippen molar-refractivity contribution in [1.82, 2.24) is 0 Å². The van der Waals surface area contributed by atoms with Crippen LogP contribution >= 0.6 is 0 Å². The molecule has 0 radical (unpaired) electrons. The molecule has 0 atom stereocenters. The van der Waals surface area contributed by atoms with E-state index < -0.39 is 0 Å². The number of para-hydroxylation sites is 5. The Balaban J connectivity index is 1.22. The predicted molar refractivity (Wildman–Crippen MR) is 198 cm³/mol. The first-order chi connectivity index (χ1) is 22.9. The van der Waals surface area contributed by atoms with Crippen molar-refractivity contribution in [3.05, 3.63) is 182 Å². The van der Waals surface area contributed by atoms with Crippen molar-refractivity contribution in [2.75, 3.05) is 9.80 Å². The van der Waals surface area contributed by atoms with Gasteiger partial charge in [0, 0.05) is 34.1 Å². The lowest BCUT2D eigenvalue weighted by molar-refractivity contribution is 1.29. The normalized spacial score (nSPS) is 13.0. The van der Waals surface area contributed by atoms with Crippen LogP contribution < -0.4 is 42.6 Å². The van der Waals surface area contributed by atoms with Crippen LogP contribution in [0.2, 0.25) is 0 Å². The Hall–Kier alpha value is -5.73. The molecule has 46 heavy (non-hydrogen) atoms. The molecule has 2 nitrogen and oxygen atoms in total. The maximum Gasteiger partial charge on any atom is 0.246 e. The Morgan fingerprint density at radius 2 is 0.630 bits per heavy atom. The first kappa shape index (κ1) is 26.7. The molecule has 2 aliphatic heterocycles. The number of benzene rings is 7. The number of rotatable bonds is 4. The van der Waals surface area contributed by atoms with Crippen molar-refractivity contribution in [3.63, 3.8) is 0 Å². The molecule has 0 amide bonds. The van der Waals surface area contributed by atoms with E-state index in [4.69, 9.17) is 0 Å². The van der Waals surface area contributed by atoms with Crippen LogP contribution in [0.3, 0.4) is 0 Å². The summed E-state index contributed by atoms with van der Waals surface area (Å²) in [7, 11) is 0. The van der Waals surface area contributed by atoms with Crippen LogP contribution in [0.1, 0.15) is 0 Å². The molecule has 214 valence electrons. The maximum atomic E-state index is 2.46. The summed E-state index contributed by atoms with van der Waals surface area (Å²) in [4.78, 5) is 4.87. The zero-order valence-electron chi connectivity index (χ0n) is 25.4. The van der Waals surface area contributed by atoms with E-state index in [-0.39, 0.29) is 13.4 Å². The van der Waals surface area contributed by atoms with Gasteiger partial charge in [-0.05, 0) is 70.4 Å². The first-order valence-electron chi connectivity index (χ1n) is 16.0. The molecule has 0 fully saturated rings. The zero-order chi connectivity index (χ0) is 30.5. The molecule has 2 heterocycles. The van der Waals surface area contributed by atoms with Gasteiger partial charge in [0.2, 0.25) is 13.4 Å². The Kier molecular flexibility index (Phi) is 6.38. The summed E-state index contributed by atoms with van der Waals surface area (Å²) in [5.74, 6) is 0. The monoisotopic (exact) mass is 584 g/mol. The average Bonchev–Trinajstić information content (AvgIpc) is 3.13. The maximum absolute atomic E-state index is 2.46. The van der Waals surface area contributed by atoms with Gasteiger partial charge in [-0.15, -0.1) is 0 Å². The minimum absolute atomic E-state index is 0.0969. The van der Waals surface area contributed by atoms with Crippen LogP contribution in [0, 0.1) is 0 Å². The summed E-state index contributed by atoms with van der Waals surface area (Å²) >= 11 is 0. The number of fused-ring (bicyclic) bond motifs is 4. The van der Waals surface area contributed by atoms with E-state index in [1.54, 1.807) is 0 Å². The summed E-state index contributed by atoms with van der Waals surface area (Å²) in [6.07, 6.45) is 0. The van der Waals surface area contributed by atoms with E-state index in [9.17, 15) is 0 Å². The van der Waals surface area contributed by atoms with Gasteiger partial charge in [0.05, 0.1) is 0 Å². The fraction of sp³-hybridized carbons (Fsp3) is 0. The Bertz CT molecular complexity index is 1950.